The number of hydrogen-bond donors (Lipinski definition) is 1. The van der Waals surface area contributed by atoms with E-state index < -0.39 is 0 Å². The Morgan fingerprint density at radius 2 is 1.72 bits per heavy atom. The predicted molar refractivity (Wildman–Crippen MR) is 85.4 cm³/mol. The molecule has 1 aliphatic carbocycles. The minimum absolute atomic E-state index is 0.497. The fourth-order valence-electron chi connectivity index (χ4n) is 2.49. The second kappa shape index (κ2) is 5.10. The van der Waals surface area contributed by atoms with Crippen LogP contribution < -0.4 is 5.32 Å². The van der Waals surface area contributed by atoms with Gasteiger partial charge in [0.05, 0.1) is 0 Å². The van der Waals surface area contributed by atoms with Crippen molar-refractivity contribution in [2.45, 2.75) is 18.9 Å². The number of benzene rings is 2. The van der Waals surface area contributed by atoms with Crippen molar-refractivity contribution in [1.29, 1.82) is 0 Å². The first-order valence-corrected chi connectivity index (χ1v) is 7.46. The van der Waals surface area contributed by atoms with Gasteiger partial charge in [0.15, 0.2) is 0 Å². The summed E-state index contributed by atoms with van der Waals surface area (Å²) in [5.41, 5.74) is 4.12. The minimum atomic E-state index is 0.497. The van der Waals surface area contributed by atoms with E-state index in [9.17, 15) is 0 Å². The topological polar surface area (TPSA) is 12.0 Å². The van der Waals surface area contributed by atoms with Crippen LogP contribution in [0.15, 0.2) is 42.5 Å². The SMILES string of the molecule is Clc1ccc(NC2Cc3ccccc3C2)c(I)c1. The molecule has 1 aliphatic rings. The van der Waals surface area contributed by atoms with Crippen LogP contribution in [-0.4, -0.2) is 6.04 Å². The summed E-state index contributed by atoms with van der Waals surface area (Å²) in [5, 5.41) is 4.41. The lowest BCUT2D eigenvalue weighted by atomic mass is 10.1. The molecule has 0 saturated carbocycles. The first-order valence-electron chi connectivity index (χ1n) is 6.01. The van der Waals surface area contributed by atoms with Crippen LogP contribution >= 0.6 is 34.2 Å². The first-order chi connectivity index (χ1) is 8.72. The van der Waals surface area contributed by atoms with E-state index in [0.29, 0.717) is 6.04 Å². The van der Waals surface area contributed by atoms with Crippen LogP contribution in [0.1, 0.15) is 11.1 Å². The lowest BCUT2D eigenvalue weighted by Gasteiger charge is -2.15. The minimum Gasteiger partial charge on any atom is -0.381 e. The molecule has 0 radical (unpaired) electrons. The van der Waals surface area contributed by atoms with E-state index in [2.05, 4.69) is 58.2 Å². The van der Waals surface area contributed by atoms with Crippen LogP contribution in [0.2, 0.25) is 5.02 Å². The highest BCUT2D eigenvalue weighted by Gasteiger charge is 2.21. The van der Waals surface area contributed by atoms with Crippen molar-refractivity contribution in [3.8, 4) is 0 Å². The molecule has 0 saturated heterocycles. The molecule has 1 N–H and O–H groups in total. The molecule has 2 aromatic rings. The van der Waals surface area contributed by atoms with Crippen molar-refractivity contribution < 1.29 is 0 Å². The second-order valence-corrected chi connectivity index (χ2v) is 6.24. The molecule has 0 atom stereocenters. The van der Waals surface area contributed by atoms with Crippen LogP contribution in [0.5, 0.6) is 0 Å². The molecule has 0 fully saturated rings. The lowest BCUT2D eigenvalue weighted by Crippen LogP contribution is -2.20. The number of hydrogen-bond acceptors (Lipinski definition) is 1. The largest absolute Gasteiger partial charge is 0.381 e. The number of nitrogens with one attached hydrogen (secondary N) is 1. The Morgan fingerprint density at radius 3 is 2.33 bits per heavy atom. The van der Waals surface area contributed by atoms with E-state index in [1.165, 1.54) is 20.4 Å². The fourth-order valence-corrected chi connectivity index (χ4v) is 3.51. The number of anilines is 1. The standard InChI is InChI=1S/C15H13ClIN/c16-12-5-6-15(14(17)9-12)18-13-7-10-3-1-2-4-11(10)8-13/h1-6,9,13,18H,7-8H2. The van der Waals surface area contributed by atoms with Crippen LogP contribution in [0, 0.1) is 3.57 Å². The van der Waals surface area contributed by atoms with Crippen LogP contribution in [0.3, 0.4) is 0 Å². The molecule has 0 heterocycles. The van der Waals surface area contributed by atoms with E-state index in [4.69, 9.17) is 11.6 Å². The third kappa shape index (κ3) is 2.50. The van der Waals surface area contributed by atoms with Crippen molar-refractivity contribution in [2.75, 3.05) is 5.32 Å². The Hall–Kier alpha value is -0.740. The summed E-state index contributed by atoms with van der Waals surface area (Å²) in [5.74, 6) is 0. The third-order valence-corrected chi connectivity index (χ3v) is 4.47. The highest BCUT2D eigenvalue weighted by atomic mass is 127. The maximum absolute atomic E-state index is 5.97. The van der Waals surface area contributed by atoms with Crippen molar-refractivity contribution >= 4 is 39.9 Å². The molecule has 0 unspecified atom stereocenters. The molecular weight excluding hydrogens is 357 g/mol. The van der Waals surface area contributed by atoms with Crippen LogP contribution in [0.4, 0.5) is 5.69 Å². The van der Waals surface area contributed by atoms with Gasteiger partial charge in [-0.05, 0) is 64.8 Å². The molecule has 1 nitrogen and oxygen atoms in total. The van der Waals surface area contributed by atoms with E-state index in [1.54, 1.807) is 0 Å². The molecule has 0 bridgehead atoms. The number of rotatable bonds is 2. The van der Waals surface area contributed by atoms with Gasteiger partial charge in [-0.1, -0.05) is 35.9 Å². The van der Waals surface area contributed by atoms with Crippen molar-refractivity contribution in [1.82, 2.24) is 0 Å². The molecule has 0 aliphatic heterocycles. The van der Waals surface area contributed by atoms with Gasteiger partial charge in [0.25, 0.3) is 0 Å². The van der Waals surface area contributed by atoms with Crippen molar-refractivity contribution in [3.63, 3.8) is 0 Å². The van der Waals surface area contributed by atoms with Gasteiger partial charge < -0.3 is 5.32 Å². The highest BCUT2D eigenvalue weighted by Crippen LogP contribution is 2.27. The van der Waals surface area contributed by atoms with Gasteiger partial charge in [0, 0.05) is 20.3 Å². The summed E-state index contributed by atoms with van der Waals surface area (Å²) in [7, 11) is 0. The Kier molecular flexibility index (Phi) is 3.48. The van der Waals surface area contributed by atoms with Crippen molar-refractivity contribution in [2.24, 2.45) is 0 Å². The van der Waals surface area contributed by atoms with Gasteiger partial charge in [0.1, 0.15) is 0 Å². The second-order valence-electron chi connectivity index (χ2n) is 4.64. The normalized spacial score (nSPS) is 14.6. The molecule has 3 rings (SSSR count). The molecule has 0 spiro atoms. The Labute approximate surface area is 126 Å². The summed E-state index contributed by atoms with van der Waals surface area (Å²) in [6.45, 7) is 0. The van der Waals surface area contributed by atoms with Gasteiger partial charge in [-0.25, -0.2) is 0 Å². The first kappa shape index (κ1) is 12.3. The summed E-state index contributed by atoms with van der Waals surface area (Å²) in [6.07, 6.45) is 2.21. The van der Waals surface area contributed by atoms with Gasteiger partial charge in [-0.15, -0.1) is 0 Å². The van der Waals surface area contributed by atoms with Crippen LogP contribution in [-0.2, 0) is 12.8 Å². The average molecular weight is 370 g/mol. The maximum Gasteiger partial charge on any atom is 0.0479 e. The molecule has 92 valence electrons. The molecule has 3 heteroatoms. The quantitative estimate of drug-likeness (QED) is 0.767. The molecule has 2 aromatic carbocycles. The number of halogens is 2. The van der Waals surface area contributed by atoms with Gasteiger partial charge in [-0.2, -0.15) is 0 Å². The van der Waals surface area contributed by atoms with E-state index in [0.717, 1.165) is 17.9 Å². The molecular formula is C15H13ClIN. The fraction of sp³-hybridized carbons (Fsp3) is 0.200. The summed E-state index contributed by atoms with van der Waals surface area (Å²) in [4.78, 5) is 0. The third-order valence-electron chi connectivity index (χ3n) is 3.34. The Balaban J connectivity index is 1.76. The van der Waals surface area contributed by atoms with E-state index in [-0.39, 0.29) is 0 Å². The molecule has 0 amide bonds. The number of fused-ring (bicyclic) bond motifs is 1. The zero-order chi connectivity index (χ0) is 12.5. The summed E-state index contributed by atoms with van der Waals surface area (Å²) >= 11 is 8.30. The summed E-state index contributed by atoms with van der Waals surface area (Å²) < 4.78 is 1.18. The highest BCUT2D eigenvalue weighted by molar-refractivity contribution is 14.1. The van der Waals surface area contributed by atoms with E-state index in [1.807, 2.05) is 12.1 Å². The summed E-state index contributed by atoms with van der Waals surface area (Å²) in [6, 6.07) is 15.2. The maximum atomic E-state index is 5.97. The lowest BCUT2D eigenvalue weighted by molar-refractivity contribution is 0.773. The Morgan fingerprint density at radius 1 is 1.06 bits per heavy atom. The molecule has 18 heavy (non-hydrogen) atoms. The zero-order valence-corrected chi connectivity index (χ0v) is 12.7. The van der Waals surface area contributed by atoms with Gasteiger partial charge in [0.2, 0.25) is 0 Å². The smallest absolute Gasteiger partial charge is 0.0479 e. The van der Waals surface area contributed by atoms with Gasteiger partial charge >= 0.3 is 0 Å². The van der Waals surface area contributed by atoms with Gasteiger partial charge in [-0.3, -0.25) is 0 Å². The Bertz CT molecular complexity index is 557. The average Bonchev–Trinajstić information content (AvgIpc) is 2.75. The monoisotopic (exact) mass is 369 g/mol. The zero-order valence-electron chi connectivity index (χ0n) is 9.79. The van der Waals surface area contributed by atoms with Crippen molar-refractivity contribution in [3.05, 3.63) is 62.2 Å². The predicted octanol–water partition coefficient (Wildman–Crippen LogP) is 4.52. The van der Waals surface area contributed by atoms with E-state index >= 15 is 0 Å². The van der Waals surface area contributed by atoms with Crippen LogP contribution in [0.25, 0.3) is 0 Å². The molecule has 0 aromatic heterocycles.